The molecule has 2 aromatic heterocycles. The fourth-order valence-corrected chi connectivity index (χ4v) is 1.66. The molecule has 6 nitrogen and oxygen atoms in total. The molecule has 0 saturated heterocycles. The highest BCUT2D eigenvalue weighted by Gasteiger charge is 2.12. The summed E-state index contributed by atoms with van der Waals surface area (Å²) in [5, 5.41) is 9.02. The van der Waals surface area contributed by atoms with Gasteiger partial charge in [-0.3, -0.25) is 4.98 Å². The Bertz CT molecular complexity index is 586. The molecule has 0 radical (unpaired) electrons. The minimum Gasteiger partial charge on any atom is -0.478 e. The van der Waals surface area contributed by atoms with Crippen molar-refractivity contribution in [3.63, 3.8) is 0 Å². The number of anilines is 2. The zero-order valence-electron chi connectivity index (χ0n) is 10.4. The van der Waals surface area contributed by atoms with Crippen LogP contribution in [0.1, 0.15) is 16.1 Å². The maximum Gasteiger partial charge on any atom is 0.337 e. The lowest BCUT2D eigenvalue weighted by atomic mass is 10.2. The van der Waals surface area contributed by atoms with Gasteiger partial charge in [-0.1, -0.05) is 6.07 Å². The molecule has 0 bridgehead atoms. The van der Waals surface area contributed by atoms with E-state index in [4.69, 9.17) is 10.8 Å². The molecule has 0 aliphatic carbocycles. The first kappa shape index (κ1) is 12.8. The molecule has 0 unspecified atom stereocenters. The van der Waals surface area contributed by atoms with E-state index in [2.05, 4.69) is 9.97 Å². The predicted molar refractivity (Wildman–Crippen MR) is 72.0 cm³/mol. The molecule has 0 saturated carbocycles. The van der Waals surface area contributed by atoms with E-state index in [0.717, 1.165) is 5.69 Å². The Morgan fingerprint density at radius 3 is 2.84 bits per heavy atom. The van der Waals surface area contributed by atoms with E-state index in [1.165, 1.54) is 12.3 Å². The summed E-state index contributed by atoms with van der Waals surface area (Å²) in [5.74, 6) is -0.523. The monoisotopic (exact) mass is 258 g/mol. The number of rotatable bonds is 4. The van der Waals surface area contributed by atoms with E-state index in [1.807, 2.05) is 30.1 Å². The molecule has 2 rings (SSSR count). The van der Waals surface area contributed by atoms with E-state index in [-0.39, 0.29) is 11.3 Å². The molecule has 3 N–H and O–H groups in total. The number of carboxylic acids is 1. The Labute approximate surface area is 110 Å². The summed E-state index contributed by atoms with van der Waals surface area (Å²) < 4.78 is 0. The van der Waals surface area contributed by atoms with Crippen LogP contribution in [0.15, 0.2) is 36.7 Å². The summed E-state index contributed by atoms with van der Waals surface area (Å²) in [5.41, 5.74) is 6.65. The number of hydrogen-bond donors (Lipinski definition) is 2. The molecule has 0 fully saturated rings. The summed E-state index contributed by atoms with van der Waals surface area (Å²) in [6.07, 6.45) is 3.07. The van der Waals surface area contributed by atoms with Crippen molar-refractivity contribution < 1.29 is 9.90 Å². The summed E-state index contributed by atoms with van der Waals surface area (Å²) in [4.78, 5) is 21.2. The zero-order valence-corrected chi connectivity index (χ0v) is 10.4. The fourth-order valence-electron chi connectivity index (χ4n) is 1.66. The molecule has 19 heavy (non-hydrogen) atoms. The summed E-state index contributed by atoms with van der Waals surface area (Å²) in [6.45, 7) is 0.539. The van der Waals surface area contributed by atoms with Crippen molar-refractivity contribution in [1.29, 1.82) is 0 Å². The summed E-state index contributed by atoms with van der Waals surface area (Å²) in [7, 11) is 1.82. The molecule has 2 heterocycles. The second-order valence-electron chi connectivity index (χ2n) is 4.11. The molecule has 0 aromatic carbocycles. The first-order valence-electron chi connectivity index (χ1n) is 5.68. The zero-order chi connectivity index (χ0) is 13.8. The SMILES string of the molecule is CN(Cc1ccccn1)c1cc(C(=O)O)c(N)cn1. The number of nitrogen functional groups attached to an aromatic ring is 1. The van der Waals surface area contributed by atoms with Gasteiger partial charge < -0.3 is 15.7 Å². The number of carboxylic acid groups (broad SMARTS) is 1. The van der Waals surface area contributed by atoms with E-state index in [1.54, 1.807) is 6.20 Å². The van der Waals surface area contributed by atoms with Crippen LogP contribution in [0.4, 0.5) is 11.5 Å². The van der Waals surface area contributed by atoms with Crippen molar-refractivity contribution in [3.05, 3.63) is 47.9 Å². The highest BCUT2D eigenvalue weighted by Crippen LogP contribution is 2.18. The lowest BCUT2D eigenvalue weighted by Crippen LogP contribution is -2.19. The maximum absolute atomic E-state index is 11.0. The minimum atomic E-state index is -1.06. The highest BCUT2D eigenvalue weighted by molar-refractivity contribution is 5.94. The molecule has 0 atom stereocenters. The molecule has 0 aliphatic heterocycles. The van der Waals surface area contributed by atoms with Crippen molar-refractivity contribution in [2.45, 2.75) is 6.54 Å². The maximum atomic E-state index is 11.0. The van der Waals surface area contributed by atoms with Crippen LogP contribution in [-0.4, -0.2) is 28.1 Å². The first-order chi connectivity index (χ1) is 9.08. The third-order valence-corrected chi connectivity index (χ3v) is 2.67. The van der Waals surface area contributed by atoms with Crippen LogP contribution >= 0.6 is 0 Å². The summed E-state index contributed by atoms with van der Waals surface area (Å²) in [6, 6.07) is 7.09. The Balaban J connectivity index is 2.22. The molecular formula is C13H14N4O2. The van der Waals surface area contributed by atoms with Gasteiger partial charge in [-0.25, -0.2) is 9.78 Å². The Hall–Kier alpha value is -2.63. The van der Waals surface area contributed by atoms with Crippen molar-refractivity contribution in [1.82, 2.24) is 9.97 Å². The van der Waals surface area contributed by atoms with Gasteiger partial charge in [0.2, 0.25) is 0 Å². The van der Waals surface area contributed by atoms with Crippen molar-refractivity contribution >= 4 is 17.5 Å². The largest absolute Gasteiger partial charge is 0.478 e. The van der Waals surface area contributed by atoms with E-state index in [9.17, 15) is 4.79 Å². The Morgan fingerprint density at radius 1 is 1.42 bits per heavy atom. The Kier molecular flexibility index (Phi) is 3.61. The standard InChI is InChI=1S/C13H14N4O2/c1-17(8-9-4-2-3-5-15-9)12-6-10(13(18)19)11(14)7-16-12/h2-7H,8,14H2,1H3,(H,18,19). The van der Waals surface area contributed by atoms with Crippen molar-refractivity contribution in [2.75, 3.05) is 17.7 Å². The van der Waals surface area contributed by atoms with Gasteiger partial charge >= 0.3 is 5.97 Å². The van der Waals surface area contributed by atoms with Gasteiger partial charge in [0.15, 0.2) is 0 Å². The van der Waals surface area contributed by atoms with Gasteiger partial charge in [-0.05, 0) is 18.2 Å². The van der Waals surface area contributed by atoms with E-state index in [0.29, 0.717) is 12.4 Å². The first-order valence-corrected chi connectivity index (χ1v) is 5.68. The highest BCUT2D eigenvalue weighted by atomic mass is 16.4. The average molecular weight is 258 g/mol. The quantitative estimate of drug-likeness (QED) is 0.861. The van der Waals surface area contributed by atoms with Crippen molar-refractivity contribution in [3.8, 4) is 0 Å². The third kappa shape index (κ3) is 2.98. The average Bonchev–Trinajstić information content (AvgIpc) is 2.40. The number of hydrogen-bond acceptors (Lipinski definition) is 5. The van der Waals surface area contributed by atoms with Crippen LogP contribution in [0.5, 0.6) is 0 Å². The van der Waals surface area contributed by atoms with E-state index < -0.39 is 5.97 Å². The number of pyridine rings is 2. The Morgan fingerprint density at radius 2 is 2.21 bits per heavy atom. The second-order valence-corrected chi connectivity index (χ2v) is 4.11. The van der Waals surface area contributed by atoms with Crippen molar-refractivity contribution in [2.24, 2.45) is 0 Å². The predicted octanol–water partition coefficient (Wildman–Crippen LogP) is 1.39. The normalized spacial score (nSPS) is 10.2. The molecule has 0 amide bonds. The number of nitrogens with zero attached hydrogens (tertiary/aromatic N) is 3. The lowest BCUT2D eigenvalue weighted by molar-refractivity contribution is 0.0698. The number of carbonyl (C=O) groups is 1. The van der Waals surface area contributed by atoms with Gasteiger partial charge in [0, 0.05) is 13.2 Å². The number of nitrogens with two attached hydrogens (primary N) is 1. The number of aromatic carboxylic acids is 1. The molecule has 6 heteroatoms. The topological polar surface area (TPSA) is 92.3 Å². The second kappa shape index (κ2) is 5.34. The van der Waals surface area contributed by atoms with Crippen LogP contribution in [0.2, 0.25) is 0 Å². The van der Waals surface area contributed by atoms with Gasteiger partial charge in [-0.2, -0.15) is 0 Å². The molecule has 0 aliphatic rings. The number of aromatic nitrogens is 2. The molecule has 0 spiro atoms. The molecule has 98 valence electrons. The molecular weight excluding hydrogens is 244 g/mol. The fraction of sp³-hybridized carbons (Fsp3) is 0.154. The van der Waals surface area contributed by atoms with Crippen LogP contribution in [-0.2, 0) is 6.54 Å². The van der Waals surface area contributed by atoms with Crippen LogP contribution in [0, 0.1) is 0 Å². The van der Waals surface area contributed by atoms with Crippen LogP contribution in [0.25, 0.3) is 0 Å². The molecule has 2 aromatic rings. The van der Waals surface area contributed by atoms with Gasteiger partial charge in [0.05, 0.1) is 29.7 Å². The van der Waals surface area contributed by atoms with Crippen LogP contribution in [0.3, 0.4) is 0 Å². The summed E-state index contributed by atoms with van der Waals surface area (Å²) >= 11 is 0. The minimum absolute atomic E-state index is 0.0536. The lowest BCUT2D eigenvalue weighted by Gasteiger charge is -2.18. The van der Waals surface area contributed by atoms with Crippen LogP contribution < -0.4 is 10.6 Å². The smallest absolute Gasteiger partial charge is 0.337 e. The van der Waals surface area contributed by atoms with Gasteiger partial charge in [0.25, 0.3) is 0 Å². The third-order valence-electron chi connectivity index (χ3n) is 2.67. The van der Waals surface area contributed by atoms with Gasteiger partial charge in [-0.15, -0.1) is 0 Å². The van der Waals surface area contributed by atoms with Gasteiger partial charge in [0.1, 0.15) is 5.82 Å². The van der Waals surface area contributed by atoms with E-state index >= 15 is 0 Å².